The molecule has 0 amide bonds. The van der Waals surface area contributed by atoms with Crippen LogP contribution in [0.3, 0.4) is 0 Å². The summed E-state index contributed by atoms with van der Waals surface area (Å²) in [5.74, 6) is 2.25. The van der Waals surface area contributed by atoms with Crippen LogP contribution in [0.5, 0.6) is 0 Å². The average Bonchev–Trinajstić information content (AvgIpc) is 2.22. The van der Waals surface area contributed by atoms with Crippen LogP contribution >= 0.6 is 11.6 Å². The summed E-state index contributed by atoms with van der Waals surface area (Å²) in [5.41, 5.74) is 0. The molecule has 0 radical (unpaired) electrons. The highest BCUT2D eigenvalue weighted by atomic mass is 35.5. The normalized spacial score (nSPS) is 12.5. The third-order valence-corrected chi connectivity index (χ3v) is 8.80. The van der Waals surface area contributed by atoms with Crippen molar-refractivity contribution in [3.63, 3.8) is 0 Å². The van der Waals surface area contributed by atoms with Crippen molar-refractivity contribution in [3.05, 3.63) is 0 Å². The molecular weight excluding hydrogens is 288 g/mol. The molecular formula is C16H33ClO2Si. The maximum atomic E-state index is 12.1. The Kier molecular flexibility index (Phi) is 9.82. The van der Waals surface area contributed by atoms with Crippen molar-refractivity contribution < 1.29 is 9.22 Å². The first kappa shape index (κ1) is 20.0. The third-order valence-electron chi connectivity index (χ3n) is 3.19. The second-order valence-corrected chi connectivity index (χ2v) is 11.4. The van der Waals surface area contributed by atoms with Gasteiger partial charge in [-0.2, -0.15) is 0 Å². The molecule has 0 aliphatic rings. The summed E-state index contributed by atoms with van der Waals surface area (Å²) in [5, 5.41) is 0. The number of hydrogen-bond donors (Lipinski definition) is 0. The molecule has 0 unspecified atom stereocenters. The highest BCUT2D eigenvalue weighted by Gasteiger charge is 2.40. The molecule has 0 bridgehead atoms. The molecule has 4 heteroatoms. The van der Waals surface area contributed by atoms with Crippen LogP contribution in [0.2, 0.25) is 18.1 Å². The maximum Gasteiger partial charge on any atom is 0.292 e. The minimum atomic E-state index is -1.99. The number of halogens is 1. The Labute approximate surface area is 131 Å². The molecule has 0 aliphatic carbocycles. The molecule has 0 saturated heterocycles. The van der Waals surface area contributed by atoms with Crippen molar-refractivity contribution in [3.8, 4) is 0 Å². The van der Waals surface area contributed by atoms with Crippen molar-refractivity contribution in [2.24, 2.45) is 17.8 Å². The quantitative estimate of drug-likeness (QED) is 0.394. The van der Waals surface area contributed by atoms with Crippen LogP contribution in [0.25, 0.3) is 0 Å². The smallest absolute Gasteiger partial charge is 0.292 e. The van der Waals surface area contributed by atoms with Gasteiger partial charge in [-0.15, -0.1) is 11.6 Å². The fraction of sp³-hybridized carbons (Fsp3) is 0.938. The summed E-state index contributed by atoms with van der Waals surface area (Å²) >= 11 is 5.67. The lowest BCUT2D eigenvalue weighted by molar-refractivity contribution is -0.135. The van der Waals surface area contributed by atoms with E-state index in [-0.39, 0.29) is 5.97 Å². The van der Waals surface area contributed by atoms with E-state index in [0.717, 1.165) is 24.6 Å². The lowest BCUT2D eigenvalue weighted by atomic mass is 10.2. The van der Waals surface area contributed by atoms with Gasteiger partial charge in [-0.3, -0.25) is 4.79 Å². The summed E-state index contributed by atoms with van der Waals surface area (Å²) in [4.78, 5) is 12.1. The summed E-state index contributed by atoms with van der Waals surface area (Å²) in [7, 11) is -1.99. The van der Waals surface area contributed by atoms with Crippen LogP contribution in [0.4, 0.5) is 0 Å². The topological polar surface area (TPSA) is 26.3 Å². The third kappa shape index (κ3) is 9.01. The van der Waals surface area contributed by atoms with Gasteiger partial charge in [-0.05, 0) is 42.3 Å². The molecule has 0 N–H and O–H groups in total. The van der Waals surface area contributed by atoms with Gasteiger partial charge in [0.05, 0.1) is 0 Å². The highest BCUT2D eigenvalue weighted by molar-refractivity contribution is 6.75. The lowest BCUT2D eigenvalue weighted by Crippen LogP contribution is -2.44. The second-order valence-electron chi connectivity index (χ2n) is 7.24. The van der Waals surface area contributed by atoms with Crippen molar-refractivity contribution in [1.82, 2.24) is 0 Å². The summed E-state index contributed by atoms with van der Waals surface area (Å²) in [6, 6.07) is 3.24. The van der Waals surface area contributed by atoms with Crippen molar-refractivity contribution >= 4 is 25.9 Å². The molecule has 20 heavy (non-hydrogen) atoms. The van der Waals surface area contributed by atoms with E-state index in [2.05, 4.69) is 41.5 Å². The van der Waals surface area contributed by atoms with E-state index in [1.165, 1.54) is 0 Å². The zero-order valence-electron chi connectivity index (χ0n) is 14.2. The zero-order chi connectivity index (χ0) is 15.8. The summed E-state index contributed by atoms with van der Waals surface area (Å²) in [6.45, 7) is 13.4. The van der Waals surface area contributed by atoms with E-state index >= 15 is 0 Å². The zero-order valence-corrected chi connectivity index (χ0v) is 15.9. The number of carbonyl (C=O) groups is 1. The predicted molar refractivity (Wildman–Crippen MR) is 90.7 cm³/mol. The standard InChI is InChI=1S/C16H33ClO2Si/c1-13(2)10-20(11-14(3)4,12-15(5)6)19-16(18)8-7-9-17/h13-15H,7-12H2,1-6H3. The molecule has 0 fully saturated rings. The minimum absolute atomic E-state index is 0.0285. The largest absolute Gasteiger partial charge is 0.519 e. The van der Waals surface area contributed by atoms with Gasteiger partial charge in [0.25, 0.3) is 14.3 Å². The van der Waals surface area contributed by atoms with Crippen LogP contribution in [0.15, 0.2) is 0 Å². The van der Waals surface area contributed by atoms with E-state index in [9.17, 15) is 4.79 Å². The molecule has 2 nitrogen and oxygen atoms in total. The molecule has 0 atom stereocenters. The molecule has 0 saturated carbocycles. The van der Waals surface area contributed by atoms with E-state index in [1.807, 2.05) is 0 Å². The summed E-state index contributed by atoms with van der Waals surface area (Å²) < 4.78 is 6.11. The molecule has 120 valence electrons. The molecule has 0 aromatic heterocycles. The predicted octanol–water partition coefficient (Wildman–Crippen LogP) is 5.46. The first-order valence-corrected chi connectivity index (χ1v) is 11.0. The van der Waals surface area contributed by atoms with Gasteiger partial charge in [-0.1, -0.05) is 41.5 Å². The second kappa shape index (κ2) is 9.83. The highest BCUT2D eigenvalue weighted by Crippen LogP contribution is 2.33. The number of carbonyl (C=O) groups excluding carboxylic acids is 1. The van der Waals surface area contributed by atoms with Gasteiger partial charge in [0.1, 0.15) is 0 Å². The first-order chi connectivity index (χ1) is 9.20. The van der Waals surface area contributed by atoms with E-state index < -0.39 is 8.32 Å². The maximum absolute atomic E-state index is 12.1. The molecule has 0 rings (SSSR count). The van der Waals surface area contributed by atoms with Gasteiger partial charge in [0.2, 0.25) is 0 Å². The Morgan fingerprint density at radius 1 is 0.950 bits per heavy atom. The fourth-order valence-corrected chi connectivity index (χ4v) is 9.04. The Morgan fingerprint density at radius 2 is 1.35 bits per heavy atom. The van der Waals surface area contributed by atoms with Gasteiger partial charge in [0.15, 0.2) is 0 Å². The minimum Gasteiger partial charge on any atom is -0.519 e. The Bertz CT molecular complexity index is 251. The number of rotatable bonds is 10. The fourth-order valence-electron chi connectivity index (χ4n) is 3.11. The average molecular weight is 321 g/mol. The number of alkyl halides is 1. The SMILES string of the molecule is CC(C)C[Si](CC(C)C)(CC(C)C)OC(=O)CCCCl. The molecule has 0 aromatic carbocycles. The summed E-state index contributed by atoms with van der Waals surface area (Å²) in [6.07, 6.45) is 1.18. The van der Waals surface area contributed by atoms with Crippen molar-refractivity contribution in [2.75, 3.05) is 5.88 Å². The Morgan fingerprint density at radius 3 is 1.65 bits per heavy atom. The number of hydrogen-bond acceptors (Lipinski definition) is 2. The van der Waals surface area contributed by atoms with Crippen LogP contribution < -0.4 is 0 Å². The van der Waals surface area contributed by atoms with Gasteiger partial charge >= 0.3 is 0 Å². The first-order valence-electron chi connectivity index (χ1n) is 7.98. The molecule has 0 aliphatic heterocycles. The monoisotopic (exact) mass is 320 g/mol. The van der Waals surface area contributed by atoms with Crippen molar-refractivity contribution in [1.29, 1.82) is 0 Å². The van der Waals surface area contributed by atoms with E-state index in [0.29, 0.717) is 30.1 Å². The Hall–Kier alpha value is -0.0231. The Balaban J connectivity index is 4.98. The molecule has 0 heterocycles. The molecule has 0 aromatic rings. The van der Waals surface area contributed by atoms with E-state index in [1.54, 1.807) is 0 Å². The van der Waals surface area contributed by atoms with Crippen LogP contribution in [0, 0.1) is 17.8 Å². The van der Waals surface area contributed by atoms with E-state index in [4.69, 9.17) is 16.0 Å². The van der Waals surface area contributed by atoms with Crippen molar-refractivity contribution in [2.45, 2.75) is 72.5 Å². The van der Waals surface area contributed by atoms with Crippen LogP contribution in [-0.4, -0.2) is 20.2 Å². The van der Waals surface area contributed by atoms with Gasteiger partial charge in [-0.25, -0.2) is 0 Å². The molecule has 0 spiro atoms. The van der Waals surface area contributed by atoms with Gasteiger partial charge in [0, 0.05) is 12.3 Å². The van der Waals surface area contributed by atoms with Gasteiger partial charge < -0.3 is 4.43 Å². The van der Waals surface area contributed by atoms with Crippen LogP contribution in [0.1, 0.15) is 54.4 Å². The lowest BCUT2D eigenvalue weighted by Gasteiger charge is -2.35. The van der Waals surface area contributed by atoms with Crippen LogP contribution in [-0.2, 0) is 9.22 Å².